The summed E-state index contributed by atoms with van der Waals surface area (Å²) >= 11 is 0. The Hall–Kier alpha value is -4.01. The lowest BCUT2D eigenvalue weighted by atomic mass is 10.1. The van der Waals surface area contributed by atoms with Crippen molar-refractivity contribution >= 4 is 17.2 Å². The van der Waals surface area contributed by atoms with Gasteiger partial charge in [-0.15, -0.1) is 0 Å². The predicted octanol–water partition coefficient (Wildman–Crippen LogP) is 2.40. The number of nitro groups is 1. The fraction of sp³-hybridized carbons (Fsp3) is 0.105. The number of fused-ring (bicyclic) bond motifs is 1. The number of hydrogen-bond acceptors (Lipinski definition) is 5. The lowest BCUT2D eigenvalue weighted by Gasteiger charge is -2.07. The van der Waals surface area contributed by atoms with E-state index in [9.17, 15) is 14.9 Å². The summed E-state index contributed by atoms with van der Waals surface area (Å²) in [4.78, 5) is 31.7. The van der Waals surface area contributed by atoms with Crippen LogP contribution >= 0.6 is 0 Å². The quantitative estimate of drug-likeness (QED) is 0.411. The molecule has 1 N–H and O–H groups in total. The van der Waals surface area contributed by atoms with Crippen LogP contribution in [0, 0.1) is 10.1 Å². The SMILES string of the molecule is O=C(NCCc1cn2ccccc2n1)c1ccc(-n2ccnc2)c([N+](=O)[O-])c1. The number of rotatable bonds is 6. The molecule has 0 unspecified atom stereocenters. The maximum atomic E-state index is 12.4. The summed E-state index contributed by atoms with van der Waals surface area (Å²) < 4.78 is 3.44. The van der Waals surface area contributed by atoms with E-state index in [0.717, 1.165) is 11.3 Å². The van der Waals surface area contributed by atoms with Gasteiger partial charge in [-0.1, -0.05) is 6.07 Å². The van der Waals surface area contributed by atoms with Gasteiger partial charge in [-0.05, 0) is 24.3 Å². The van der Waals surface area contributed by atoms with Gasteiger partial charge in [0.25, 0.3) is 11.6 Å². The molecule has 0 atom stereocenters. The smallest absolute Gasteiger partial charge is 0.294 e. The van der Waals surface area contributed by atoms with Crippen molar-refractivity contribution in [2.24, 2.45) is 0 Å². The van der Waals surface area contributed by atoms with Crippen molar-refractivity contribution in [1.29, 1.82) is 0 Å². The molecule has 1 amide bonds. The molecular weight excluding hydrogens is 360 g/mol. The number of imidazole rings is 2. The van der Waals surface area contributed by atoms with E-state index in [1.165, 1.54) is 29.2 Å². The predicted molar refractivity (Wildman–Crippen MR) is 101 cm³/mol. The Bertz CT molecular complexity index is 1120. The minimum absolute atomic E-state index is 0.161. The summed E-state index contributed by atoms with van der Waals surface area (Å²) in [6.45, 7) is 0.375. The Morgan fingerprint density at radius 3 is 2.86 bits per heavy atom. The summed E-state index contributed by atoms with van der Waals surface area (Å²) in [6, 6.07) is 10.1. The number of carbonyl (C=O) groups excluding carboxylic acids is 1. The maximum absolute atomic E-state index is 12.4. The molecule has 3 heterocycles. The van der Waals surface area contributed by atoms with Crippen LogP contribution in [0.4, 0.5) is 5.69 Å². The fourth-order valence-corrected chi connectivity index (χ4v) is 2.94. The highest BCUT2D eigenvalue weighted by molar-refractivity contribution is 5.95. The van der Waals surface area contributed by atoms with Gasteiger partial charge in [-0.3, -0.25) is 14.9 Å². The average molecular weight is 376 g/mol. The first-order chi connectivity index (χ1) is 13.6. The Kier molecular flexibility index (Phi) is 4.55. The van der Waals surface area contributed by atoms with E-state index < -0.39 is 4.92 Å². The molecule has 9 heteroatoms. The molecule has 9 nitrogen and oxygen atoms in total. The monoisotopic (exact) mass is 376 g/mol. The standard InChI is InChI=1S/C19H16N6O3/c26-19(21-7-6-15-12-23-9-2-1-3-18(23)22-15)14-4-5-16(17(11-14)25(27)28)24-10-8-20-13-24/h1-5,8-13H,6-7H2,(H,21,26). The molecule has 0 spiro atoms. The first-order valence-corrected chi connectivity index (χ1v) is 8.59. The van der Waals surface area contributed by atoms with Crippen LogP contribution in [-0.4, -0.2) is 36.3 Å². The third kappa shape index (κ3) is 3.45. The number of nitro benzene ring substituents is 1. The van der Waals surface area contributed by atoms with Gasteiger partial charge >= 0.3 is 0 Å². The number of pyridine rings is 1. The zero-order chi connectivity index (χ0) is 19.5. The van der Waals surface area contributed by atoms with Crippen molar-refractivity contribution in [2.45, 2.75) is 6.42 Å². The second-order valence-corrected chi connectivity index (χ2v) is 6.13. The number of nitrogens with one attached hydrogen (secondary N) is 1. The van der Waals surface area contributed by atoms with Gasteiger partial charge in [-0.25, -0.2) is 9.97 Å². The van der Waals surface area contributed by atoms with Crippen LogP contribution in [0.3, 0.4) is 0 Å². The van der Waals surface area contributed by atoms with Crippen molar-refractivity contribution in [2.75, 3.05) is 6.54 Å². The van der Waals surface area contributed by atoms with Crippen molar-refractivity contribution < 1.29 is 9.72 Å². The first-order valence-electron chi connectivity index (χ1n) is 8.59. The van der Waals surface area contributed by atoms with Gasteiger partial charge < -0.3 is 14.3 Å². The Labute approximate surface area is 159 Å². The van der Waals surface area contributed by atoms with E-state index >= 15 is 0 Å². The third-order valence-electron chi connectivity index (χ3n) is 4.30. The van der Waals surface area contributed by atoms with E-state index in [1.807, 2.05) is 35.0 Å². The van der Waals surface area contributed by atoms with Gasteiger partial charge in [0, 0.05) is 49.4 Å². The number of carbonyl (C=O) groups is 1. The molecule has 0 aliphatic rings. The normalized spacial score (nSPS) is 10.9. The molecule has 3 aromatic heterocycles. The summed E-state index contributed by atoms with van der Waals surface area (Å²) in [5, 5.41) is 14.2. The van der Waals surface area contributed by atoms with Crippen molar-refractivity contribution in [3.05, 3.63) is 88.9 Å². The third-order valence-corrected chi connectivity index (χ3v) is 4.30. The van der Waals surface area contributed by atoms with E-state index in [1.54, 1.807) is 12.3 Å². The van der Waals surface area contributed by atoms with E-state index in [4.69, 9.17) is 0 Å². The molecule has 0 saturated heterocycles. The van der Waals surface area contributed by atoms with Gasteiger partial charge in [-0.2, -0.15) is 0 Å². The molecule has 1 aromatic carbocycles. The molecule has 28 heavy (non-hydrogen) atoms. The molecule has 0 aliphatic carbocycles. The minimum atomic E-state index is -0.511. The van der Waals surface area contributed by atoms with Crippen molar-refractivity contribution in [1.82, 2.24) is 24.3 Å². The summed E-state index contributed by atoms with van der Waals surface area (Å²) in [5.74, 6) is -0.371. The summed E-state index contributed by atoms with van der Waals surface area (Å²) in [6.07, 6.45) is 8.98. The molecule has 0 saturated carbocycles. The fourth-order valence-electron chi connectivity index (χ4n) is 2.94. The molecule has 0 fully saturated rings. The van der Waals surface area contributed by atoms with Gasteiger partial charge in [0.15, 0.2) is 0 Å². The zero-order valence-electron chi connectivity index (χ0n) is 14.7. The van der Waals surface area contributed by atoms with Crippen LogP contribution in [0.2, 0.25) is 0 Å². The summed E-state index contributed by atoms with van der Waals surface area (Å²) in [5.41, 5.74) is 2.11. The van der Waals surface area contributed by atoms with Crippen LogP contribution in [0.25, 0.3) is 11.3 Å². The number of aromatic nitrogens is 4. The largest absolute Gasteiger partial charge is 0.352 e. The maximum Gasteiger partial charge on any atom is 0.294 e. The molecule has 0 bridgehead atoms. The molecule has 140 valence electrons. The van der Waals surface area contributed by atoms with Crippen LogP contribution in [0.15, 0.2) is 67.5 Å². The van der Waals surface area contributed by atoms with Crippen molar-refractivity contribution in [3.8, 4) is 5.69 Å². The average Bonchev–Trinajstić information content (AvgIpc) is 3.36. The Balaban J connectivity index is 1.45. The molecule has 0 radical (unpaired) electrons. The molecular formula is C19H16N6O3. The van der Waals surface area contributed by atoms with E-state index in [0.29, 0.717) is 18.7 Å². The topological polar surface area (TPSA) is 107 Å². The highest BCUT2D eigenvalue weighted by Gasteiger charge is 2.18. The number of hydrogen-bond donors (Lipinski definition) is 1. The second-order valence-electron chi connectivity index (χ2n) is 6.13. The van der Waals surface area contributed by atoms with Gasteiger partial charge in [0.1, 0.15) is 11.3 Å². The van der Waals surface area contributed by atoms with E-state index in [-0.39, 0.29) is 17.2 Å². The Morgan fingerprint density at radius 1 is 1.21 bits per heavy atom. The van der Waals surface area contributed by atoms with Gasteiger partial charge in [0.2, 0.25) is 0 Å². The number of benzene rings is 1. The van der Waals surface area contributed by atoms with Crippen LogP contribution in [0.1, 0.15) is 16.1 Å². The molecule has 4 aromatic rings. The van der Waals surface area contributed by atoms with E-state index in [2.05, 4.69) is 15.3 Å². The van der Waals surface area contributed by atoms with Crippen LogP contribution in [-0.2, 0) is 6.42 Å². The number of nitrogens with zero attached hydrogens (tertiary/aromatic N) is 5. The lowest BCUT2D eigenvalue weighted by Crippen LogP contribution is -2.25. The van der Waals surface area contributed by atoms with Crippen LogP contribution < -0.4 is 5.32 Å². The van der Waals surface area contributed by atoms with Crippen LogP contribution in [0.5, 0.6) is 0 Å². The Morgan fingerprint density at radius 2 is 2.11 bits per heavy atom. The highest BCUT2D eigenvalue weighted by Crippen LogP contribution is 2.24. The zero-order valence-corrected chi connectivity index (χ0v) is 14.7. The number of amides is 1. The lowest BCUT2D eigenvalue weighted by molar-refractivity contribution is -0.384. The highest BCUT2D eigenvalue weighted by atomic mass is 16.6. The molecule has 4 rings (SSSR count). The first kappa shape index (κ1) is 17.4. The second kappa shape index (κ2) is 7.31. The minimum Gasteiger partial charge on any atom is -0.352 e. The van der Waals surface area contributed by atoms with Crippen molar-refractivity contribution in [3.63, 3.8) is 0 Å². The molecule has 0 aliphatic heterocycles. The van der Waals surface area contributed by atoms with Gasteiger partial charge in [0.05, 0.1) is 16.9 Å². The summed E-state index contributed by atoms with van der Waals surface area (Å²) in [7, 11) is 0.